The number of aliphatic hydroxyl groups excluding tert-OH is 1. The van der Waals surface area contributed by atoms with Crippen LogP contribution in [0.25, 0.3) is 0 Å². The molecule has 0 spiro atoms. The zero-order valence-electron chi connectivity index (χ0n) is 8.84. The van der Waals surface area contributed by atoms with Gasteiger partial charge in [-0.1, -0.05) is 18.2 Å². The first-order valence-electron chi connectivity index (χ1n) is 5.10. The van der Waals surface area contributed by atoms with Crippen LogP contribution >= 0.6 is 11.8 Å². The monoisotopic (exact) mass is 231 g/mol. The number of pyridine rings is 1. The van der Waals surface area contributed by atoms with Gasteiger partial charge in [-0.15, -0.1) is 11.8 Å². The Hall–Kier alpha value is -1.32. The van der Waals surface area contributed by atoms with E-state index in [1.165, 1.54) is 10.5 Å². The summed E-state index contributed by atoms with van der Waals surface area (Å²) < 4.78 is 0. The molecule has 0 fully saturated rings. The molecule has 1 aromatic carbocycles. The predicted molar refractivity (Wildman–Crippen MR) is 66.2 cm³/mol. The largest absolute Gasteiger partial charge is 0.392 e. The highest BCUT2D eigenvalue weighted by molar-refractivity contribution is 7.98. The van der Waals surface area contributed by atoms with Gasteiger partial charge in [0, 0.05) is 23.0 Å². The molecule has 0 saturated heterocycles. The minimum atomic E-state index is 0.105. The summed E-state index contributed by atoms with van der Waals surface area (Å²) >= 11 is 1.77. The molecule has 2 rings (SSSR count). The normalized spacial score (nSPS) is 10.3. The van der Waals surface area contributed by atoms with Gasteiger partial charge >= 0.3 is 0 Å². The van der Waals surface area contributed by atoms with Gasteiger partial charge in [-0.05, 0) is 29.3 Å². The van der Waals surface area contributed by atoms with Crippen molar-refractivity contribution in [2.45, 2.75) is 17.3 Å². The first-order chi connectivity index (χ1) is 7.88. The molecule has 0 saturated carbocycles. The standard InChI is InChI=1S/C13H13NOS/c15-9-11-3-5-13(6-4-11)16-10-12-2-1-7-14-8-12/h1-8,15H,9-10H2. The maximum absolute atomic E-state index is 8.92. The van der Waals surface area contributed by atoms with E-state index in [1.807, 2.05) is 36.5 Å². The van der Waals surface area contributed by atoms with E-state index in [0.29, 0.717) is 0 Å². The van der Waals surface area contributed by atoms with E-state index in [-0.39, 0.29) is 6.61 Å². The fourth-order valence-corrected chi connectivity index (χ4v) is 2.17. The maximum atomic E-state index is 8.92. The number of aliphatic hydroxyl groups is 1. The predicted octanol–water partition coefficient (Wildman–Crippen LogP) is 2.87. The summed E-state index contributed by atoms with van der Waals surface area (Å²) in [4.78, 5) is 5.29. The van der Waals surface area contributed by atoms with Gasteiger partial charge in [0.25, 0.3) is 0 Å². The summed E-state index contributed by atoms with van der Waals surface area (Å²) in [5, 5.41) is 8.92. The molecule has 1 heterocycles. The lowest BCUT2D eigenvalue weighted by Crippen LogP contribution is -1.83. The van der Waals surface area contributed by atoms with E-state index < -0.39 is 0 Å². The third-order valence-electron chi connectivity index (χ3n) is 2.23. The van der Waals surface area contributed by atoms with Gasteiger partial charge in [-0.3, -0.25) is 4.98 Å². The van der Waals surface area contributed by atoms with Crippen molar-refractivity contribution in [1.82, 2.24) is 4.98 Å². The fourth-order valence-electron chi connectivity index (χ4n) is 1.34. The second-order valence-electron chi connectivity index (χ2n) is 3.45. The molecule has 0 radical (unpaired) electrons. The summed E-state index contributed by atoms with van der Waals surface area (Å²) in [5.74, 6) is 0.923. The lowest BCUT2D eigenvalue weighted by Gasteiger charge is -2.02. The van der Waals surface area contributed by atoms with Crippen LogP contribution in [0.5, 0.6) is 0 Å². The van der Waals surface area contributed by atoms with Crippen molar-refractivity contribution in [1.29, 1.82) is 0 Å². The number of benzene rings is 1. The number of hydrogen-bond donors (Lipinski definition) is 1. The summed E-state index contributed by atoms with van der Waals surface area (Å²) in [6, 6.07) is 12.0. The van der Waals surface area contributed by atoms with Crippen LogP contribution in [0.2, 0.25) is 0 Å². The number of rotatable bonds is 4. The summed E-state index contributed by atoms with van der Waals surface area (Å²) in [5.41, 5.74) is 2.17. The van der Waals surface area contributed by atoms with Crippen LogP contribution in [0, 0.1) is 0 Å². The molecule has 0 bridgehead atoms. The Kier molecular flexibility index (Phi) is 3.97. The Morgan fingerprint density at radius 3 is 2.50 bits per heavy atom. The Morgan fingerprint density at radius 2 is 1.88 bits per heavy atom. The summed E-state index contributed by atoms with van der Waals surface area (Å²) in [6.07, 6.45) is 3.67. The van der Waals surface area contributed by atoms with Crippen molar-refractivity contribution in [3.05, 3.63) is 59.9 Å². The van der Waals surface area contributed by atoms with Gasteiger partial charge < -0.3 is 5.11 Å². The smallest absolute Gasteiger partial charge is 0.0681 e. The first-order valence-corrected chi connectivity index (χ1v) is 6.08. The van der Waals surface area contributed by atoms with Gasteiger partial charge in [-0.2, -0.15) is 0 Å². The average Bonchev–Trinajstić information content (AvgIpc) is 2.38. The minimum absolute atomic E-state index is 0.105. The second-order valence-corrected chi connectivity index (χ2v) is 4.50. The Bertz CT molecular complexity index is 427. The molecule has 1 N–H and O–H groups in total. The van der Waals surface area contributed by atoms with Gasteiger partial charge in [0.15, 0.2) is 0 Å². The number of thioether (sulfide) groups is 1. The molecule has 3 heteroatoms. The molecule has 0 amide bonds. The van der Waals surface area contributed by atoms with E-state index in [0.717, 1.165) is 11.3 Å². The molecule has 82 valence electrons. The molecule has 0 unspecified atom stereocenters. The minimum Gasteiger partial charge on any atom is -0.392 e. The molecular weight excluding hydrogens is 218 g/mol. The van der Waals surface area contributed by atoms with Crippen LogP contribution in [0.1, 0.15) is 11.1 Å². The Morgan fingerprint density at radius 1 is 1.06 bits per heavy atom. The second kappa shape index (κ2) is 5.68. The molecular formula is C13H13NOS. The van der Waals surface area contributed by atoms with E-state index in [2.05, 4.69) is 11.1 Å². The van der Waals surface area contributed by atoms with Crippen molar-refractivity contribution in [3.8, 4) is 0 Å². The number of hydrogen-bond acceptors (Lipinski definition) is 3. The number of nitrogens with zero attached hydrogens (tertiary/aromatic N) is 1. The van der Waals surface area contributed by atoms with Gasteiger partial charge in [0.2, 0.25) is 0 Å². The lowest BCUT2D eigenvalue weighted by atomic mass is 10.2. The average molecular weight is 231 g/mol. The highest BCUT2D eigenvalue weighted by Crippen LogP contribution is 2.22. The van der Waals surface area contributed by atoms with Crippen LogP contribution in [0.15, 0.2) is 53.7 Å². The SMILES string of the molecule is OCc1ccc(SCc2cccnc2)cc1. The zero-order valence-corrected chi connectivity index (χ0v) is 9.65. The molecule has 16 heavy (non-hydrogen) atoms. The van der Waals surface area contributed by atoms with Crippen LogP contribution in [-0.2, 0) is 12.4 Å². The fraction of sp³-hybridized carbons (Fsp3) is 0.154. The van der Waals surface area contributed by atoms with Gasteiger partial charge in [-0.25, -0.2) is 0 Å². The lowest BCUT2D eigenvalue weighted by molar-refractivity contribution is 0.282. The topological polar surface area (TPSA) is 33.1 Å². The van der Waals surface area contributed by atoms with Gasteiger partial charge in [0.05, 0.1) is 6.61 Å². The molecule has 0 aliphatic carbocycles. The van der Waals surface area contributed by atoms with Crippen molar-refractivity contribution in [3.63, 3.8) is 0 Å². The Labute approximate surface area is 99.4 Å². The van der Waals surface area contributed by atoms with Crippen LogP contribution < -0.4 is 0 Å². The third kappa shape index (κ3) is 3.08. The van der Waals surface area contributed by atoms with Crippen LogP contribution in [-0.4, -0.2) is 10.1 Å². The van der Waals surface area contributed by atoms with E-state index in [1.54, 1.807) is 18.0 Å². The molecule has 0 aliphatic heterocycles. The summed E-state index contributed by atoms with van der Waals surface area (Å²) in [6.45, 7) is 0.105. The summed E-state index contributed by atoms with van der Waals surface area (Å²) in [7, 11) is 0. The van der Waals surface area contributed by atoms with Crippen LogP contribution in [0.3, 0.4) is 0 Å². The molecule has 0 aliphatic rings. The quantitative estimate of drug-likeness (QED) is 0.821. The van der Waals surface area contributed by atoms with E-state index in [4.69, 9.17) is 5.11 Å². The van der Waals surface area contributed by atoms with E-state index in [9.17, 15) is 0 Å². The number of aromatic nitrogens is 1. The van der Waals surface area contributed by atoms with Crippen molar-refractivity contribution < 1.29 is 5.11 Å². The first kappa shape index (κ1) is 11.2. The van der Waals surface area contributed by atoms with Crippen molar-refractivity contribution in [2.24, 2.45) is 0 Å². The molecule has 2 aromatic rings. The van der Waals surface area contributed by atoms with Crippen molar-refractivity contribution >= 4 is 11.8 Å². The van der Waals surface area contributed by atoms with E-state index >= 15 is 0 Å². The Balaban J connectivity index is 1.94. The van der Waals surface area contributed by atoms with Gasteiger partial charge in [0.1, 0.15) is 0 Å². The van der Waals surface area contributed by atoms with Crippen molar-refractivity contribution in [2.75, 3.05) is 0 Å². The highest BCUT2D eigenvalue weighted by Gasteiger charge is 1.96. The van der Waals surface area contributed by atoms with Crippen LogP contribution in [0.4, 0.5) is 0 Å². The highest BCUT2D eigenvalue weighted by atomic mass is 32.2. The third-order valence-corrected chi connectivity index (χ3v) is 3.32. The zero-order chi connectivity index (χ0) is 11.2. The molecule has 2 nitrogen and oxygen atoms in total. The molecule has 0 atom stereocenters. The molecule has 1 aromatic heterocycles. The maximum Gasteiger partial charge on any atom is 0.0681 e.